The van der Waals surface area contributed by atoms with Gasteiger partial charge in [0.2, 0.25) is 11.8 Å². The highest BCUT2D eigenvalue weighted by molar-refractivity contribution is 6.33. The highest BCUT2D eigenvalue weighted by Gasteiger charge is 2.56. The Kier molecular flexibility index (Phi) is 4.74. The molecule has 1 aromatic carbocycles. The quantitative estimate of drug-likeness (QED) is 0.567. The van der Waals surface area contributed by atoms with E-state index in [-0.39, 0.29) is 10.7 Å². The Morgan fingerprint density at radius 2 is 2.09 bits per heavy atom. The van der Waals surface area contributed by atoms with Gasteiger partial charge in [-0.3, -0.25) is 9.88 Å². The molecule has 2 amide bonds. The number of urea groups is 1. The van der Waals surface area contributed by atoms with E-state index in [2.05, 4.69) is 27.4 Å². The van der Waals surface area contributed by atoms with E-state index < -0.39 is 23.2 Å². The summed E-state index contributed by atoms with van der Waals surface area (Å²) in [4.78, 5) is 18.6. The van der Waals surface area contributed by atoms with Gasteiger partial charge in [-0.2, -0.15) is 0 Å². The molecule has 0 saturated carbocycles. The number of carbonyl (C=O) groups excluding carboxylic acids is 1. The summed E-state index contributed by atoms with van der Waals surface area (Å²) >= 11 is 6.17. The summed E-state index contributed by atoms with van der Waals surface area (Å²) in [6.45, 7) is 3.76. The third-order valence-corrected chi connectivity index (χ3v) is 6.04. The minimum Gasteiger partial charge on any atom is -0.423 e. The molecule has 0 saturated heterocycles. The van der Waals surface area contributed by atoms with E-state index in [1.165, 1.54) is 23.2 Å². The lowest BCUT2D eigenvalue weighted by Crippen LogP contribution is -2.60. The minimum absolute atomic E-state index is 0.0723. The van der Waals surface area contributed by atoms with Gasteiger partial charge in [0.05, 0.1) is 16.9 Å². The number of benzene rings is 1. The van der Waals surface area contributed by atoms with Gasteiger partial charge in [-0.05, 0) is 43.0 Å². The van der Waals surface area contributed by atoms with Crippen molar-refractivity contribution in [3.05, 3.63) is 70.8 Å². The summed E-state index contributed by atoms with van der Waals surface area (Å²) in [7, 11) is 0. The van der Waals surface area contributed by atoms with E-state index >= 15 is 0 Å². The fourth-order valence-corrected chi connectivity index (χ4v) is 4.74. The molecule has 0 radical (unpaired) electrons. The Hall–Kier alpha value is -3.33. The Labute approximate surface area is 187 Å². The Balaban J connectivity index is 1.48. The topological polar surface area (TPSA) is 84.2 Å². The molecule has 0 spiro atoms. The van der Waals surface area contributed by atoms with Crippen LogP contribution in [0.25, 0.3) is 11.1 Å². The van der Waals surface area contributed by atoms with Crippen LogP contribution in [-0.4, -0.2) is 26.1 Å². The number of aromatic nitrogens is 3. The molecule has 10 heteroatoms. The van der Waals surface area contributed by atoms with Crippen molar-refractivity contribution in [1.82, 2.24) is 20.1 Å². The zero-order valence-corrected chi connectivity index (χ0v) is 18.0. The number of rotatable bonds is 3. The van der Waals surface area contributed by atoms with Crippen molar-refractivity contribution in [2.75, 3.05) is 5.32 Å². The SMILES string of the molecule is Cc1nnc([C@@]23C=C(C[C@H](C)C2)N3C(=O)Nc2cc(-c3cncc(F)c3)c(Cl)cc2F)o1. The molecular weight excluding hydrogens is 440 g/mol. The second-order valence-corrected chi connectivity index (χ2v) is 8.58. The monoisotopic (exact) mass is 457 g/mol. The summed E-state index contributed by atoms with van der Waals surface area (Å²) in [6, 6.07) is 3.14. The van der Waals surface area contributed by atoms with E-state index in [4.69, 9.17) is 16.0 Å². The molecule has 1 N–H and O–H groups in total. The number of nitrogens with zero attached hydrogens (tertiary/aromatic N) is 4. The maximum atomic E-state index is 14.7. The van der Waals surface area contributed by atoms with Gasteiger partial charge in [0, 0.05) is 29.9 Å². The molecule has 2 atom stereocenters. The zero-order valence-electron chi connectivity index (χ0n) is 17.2. The normalized spacial score (nSPS) is 21.7. The first-order valence-electron chi connectivity index (χ1n) is 10.0. The Morgan fingerprint density at radius 3 is 2.81 bits per heavy atom. The van der Waals surface area contributed by atoms with Gasteiger partial charge in [0.25, 0.3) is 0 Å². The number of likely N-dealkylation sites (tertiary alicyclic amines) is 1. The van der Waals surface area contributed by atoms with Crippen LogP contribution in [-0.2, 0) is 5.54 Å². The second kappa shape index (κ2) is 7.37. The maximum absolute atomic E-state index is 14.7. The van der Waals surface area contributed by atoms with Crippen LogP contribution in [0.1, 0.15) is 31.5 Å². The van der Waals surface area contributed by atoms with Crippen LogP contribution in [0.15, 0.2) is 46.8 Å². The number of pyridine rings is 1. The summed E-state index contributed by atoms with van der Waals surface area (Å²) in [5.74, 6) is -0.243. The van der Waals surface area contributed by atoms with Crippen molar-refractivity contribution >= 4 is 23.3 Å². The number of nitrogens with one attached hydrogen (secondary N) is 1. The molecule has 7 nitrogen and oxygen atoms in total. The predicted molar refractivity (Wildman–Crippen MR) is 113 cm³/mol. The maximum Gasteiger partial charge on any atom is 0.327 e. The minimum atomic E-state index is -0.865. The lowest BCUT2D eigenvalue weighted by atomic mass is 9.71. The Morgan fingerprint density at radius 1 is 1.28 bits per heavy atom. The number of carbonyl (C=O) groups is 1. The molecule has 164 valence electrons. The molecule has 2 bridgehead atoms. The number of aryl methyl sites for hydroxylation is 1. The van der Waals surface area contributed by atoms with Gasteiger partial charge in [0.1, 0.15) is 17.2 Å². The first-order valence-corrected chi connectivity index (χ1v) is 10.4. The first-order chi connectivity index (χ1) is 15.3. The molecule has 3 aromatic rings. The standard InChI is InChI=1S/C22H18ClF2N5O2/c1-11-3-15-8-22(7-11,20-29-28-12(2)32-20)30(15)21(31)27-19-5-16(17(23)6-18(19)25)13-4-14(24)10-26-9-13/h4-6,8-11H,3,7H2,1-2H3,(H,27,31)/t11-,22-/m0/s1. The van der Waals surface area contributed by atoms with Gasteiger partial charge in [-0.25, -0.2) is 13.6 Å². The summed E-state index contributed by atoms with van der Waals surface area (Å²) < 4.78 is 34.0. The number of piperidine rings is 1. The number of hydrogen-bond acceptors (Lipinski definition) is 5. The van der Waals surface area contributed by atoms with E-state index in [1.54, 1.807) is 6.92 Å². The molecule has 1 aliphatic carbocycles. The average molecular weight is 458 g/mol. The molecule has 2 aromatic heterocycles. The lowest BCUT2D eigenvalue weighted by molar-refractivity contribution is 0.0664. The van der Waals surface area contributed by atoms with Crippen LogP contribution in [0.2, 0.25) is 5.02 Å². The summed E-state index contributed by atoms with van der Waals surface area (Å²) in [6.07, 6.45) is 5.72. The van der Waals surface area contributed by atoms with Crippen molar-refractivity contribution in [3.63, 3.8) is 0 Å². The van der Waals surface area contributed by atoms with Gasteiger partial charge in [-0.1, -0.05) is 18.5 Å². The van der Waals surface area contributed by atoms with E-state index in [0.717, 1.165) is 18.0 Å². The van der Waals surface area contributed by atoms with Crippen molar-refractivity contribution in [1.29, 1.82) is 0 Å². The number of allylic oxidation sites excluding steroid dienone is 1. The fourth-order valence-electron chi connectivity index (χ4n) is 4.48. The van der Waals surface area contributed by atoms with Crippen LogP contribution in [0, 0.1) is 24.5 Å². The number of amides is 2. The molecule has 3 heterocycles. The number of anilines is 1. The molecular formula is C22H18ClF2N5O2. The smallest absolute Gasteiger partial charge is 0.327 e. The summed E-state index contributed by atoms with van der Waals surface area (Å²) in [5, 5.41) is 10.7. The lowest BCUT2D eigenvalue weighted by Gasteiger charge is -2.53. The largest absolute Gasteiger partial charge is 0.423 e. The van der Waals surface area contributed by atoms with Crippen molar-refractivity contribution in [3.8, 4) is 11.1 Å². The fraction of sp³-hybridized carbons (Fsp3) is 0.273. The van der Waals surface area contributed by atoms with Crippen LogP contribution >= 0.6 is 11.6 Å². The van der Waals surface area contributed by atoms with Gasteiger partial charge in [-0.15, -0.1) is 10.2 Å². The molecule has 32 heavy (non-hydrogen) atoms. The van der Waals surface area contributed by atoms with Crippen LogP contribution in [0.5, 0.6) is 0 Å². The van der Waals surface area contributed by atoms with E-state index in [9.17, 15) is 13.6 Å². The van der Waals surface area contributed by atoms with Crippen molar-refractivity contribution < 1.29 is 18.0 Å². The molecule has 1 aliphatic heterocycles. The molecule has 2 aliphatic rings. The average Bonchev–Trinajstić information content (AvgIpc) is 3.16. The van der Waals surface area contributed by atoms with Crippen LogP contribution in [0.4, 0.5) is 19.3 Å². The number of hydrogen-bond donors (Lipinski definition) is 1. The molecule has 5 rings (SSSR count). The molecule has 0 unspecified atom stereocenters. The van der Waals surface area contributed by atoms with E-state index in [1.807, 2.05) is 6.08 Å². The number of fused-ring (bicyclic) bond motifs is 1. The number of halogens is 3. The van der Waals surface area contributed by atoms with Gasteiger partial charge < -0.3 is 9.73 Å². The first kappa shape index (κ1) is 20.6. The second-order valence-electron chi connectivity index (χ2n) is 8.17. The Bertz CT molecular complexity index is 1280. The zero-order chi connectivity index (χ0) is 22.6. The summed E-state index contributed by atoms with van der Waals surface area (Å²) in [5.41, 5.74) is 0.557. The third kappa shape index (κ3) is 3.24. The molecule has 0 fully saturated rings. The highest BCUT2D eigenvalue weighted by atomic mass is 35.5. The highest BCUT2D eigenvalue weighted by Crippen LogP contribution is 2.53. The van der Waals surface area contributed by atoms with Gasteiger partial charge in [0.15, 0.2) is 0 Å². The van der Waals surface area contributed by atoms with Crippen molar-refractivity contribution in [2.45, 2.75) is 32.2 Å². The van der Waals surface area contributed by atoms with Crippen LogP contribution < -0.4 is 5.32 Å². The van der Waals surface area contributed by atoms with Crippen LogP contribution in [0.3, 0.4) is 0 Å². The van der Waals surface area contributed by atoms with Gasteiger partial charge >= 0.3 is 6.03 Å². The predicted octanol–water partition coefficient (Wildman–Crippen LogP) is 5.43. The third-order valence-electron chi connectivity index (χ3n) is 5.72. The van der Waals surface area contributed by atoms with E-state index in [0.29, 0.717) is 41.7 Å². The van der Waals surface area contributed by atoms with Crippen molar-refractivity contribution in [2.24, 2.45) is 5.92 Å².